The molecular formula is C15H26O5. The van der Waals surface area contributed by atoms with Crippen LogP contribution in [-0.4, -0.2) is 35.9 Å². The van der Waals surface area contributed by atoms with Crippen molar-refractivity contribution in [1.82, 2.24) is 0 Å². The average Bonchev–Trinajstić information content (AvgIpc) is 2.27. The molecule has 20 heavy (non-hydrogen) atoms. The van der Waals surface area contributed by atoms with Crippen LogP contribution in [0.5, 0.6) is 0 Å². The molecule has 0 N–H and O–H groups in total. The van der Waals surface area contributed by atoms with Crippen molar-refractivity contribution >= 4 is 11.8 Å². The molecular weight excluding hydrogens is 260 g/mol. The van der Waals surface area contributed by atoms with Gasteiger partial charge >= 0.3 is 5.97 Å². The topological polar surface area (TPSA) is 61.8 Å². The smallest absolute Gasteiger partial charge is 0.306 e. The Hall–Kier alpha value is -0.940. The summed E-state index contributed by atoms with van der Waals surface area (Å²) in [6.45, 7) is 11.0. The fourth-order valence-corrected chi connectivity index (χ4v) is 2.15. The van der Waals surface area contributed by atoms with E-state index in [9.17, 15) is 9.59 Å². The largest absolute Gasteiger partial charge is 0.460 e. The number of ketones is 1. The lowest BCUT2D eigenvalue weighted by Gasteiger charge is -2.38. The number of esters is 1. The first kappa shape index (κ1) is 17.1. The van der Waals surface area contributed by atoms with E-state index in [2.05, 4.69) is 0 Å². The first-order valence-corrected chi connectivity index (χ1v) is 7.10. The maximum Gasteiger partial charge on any atom is 0.306 e. The molecule has 2 atom stereocenters. The van der Waals surface area contributed by atoms with Crippen LogP contribution >= 0.6 is 0 Å². The van der Waals surface area contributed by atoms with E-state index in [0.29, 0.717) is 6.42 Å². The van der Waals surface area contributed by atoms with Gasteiger partial charge in [-0.3, -0.25) is 9.59 Å². The van der Waals surface area contributed by atoms with Gasteiger partial charge in [-0.15, -0.1) is 0 Å². The maximum atomic E-state index is 11.9. The second-order valence-electron chi connectivity index (χ2n) is 6.65. The Kier molecular flexibility index (Phi) is 5.33. The van der Waals surface area contributed by atoms with Gasteiger partial charge < -0.3 is 14.2 Å². The monoisotopic (exact) mass is 286 g/mol. The van der Waals surface area contributed by atoms with Crippen LogP contribution in [0.15, 0.2) is 0 Å². The molecule has 0 spiro atoms. The number of ether oxygens (including phenoxy) is 3. The summed E-state index contributed by atoms with van der Waals surface area (Å²) in [5, 5.41) is 0. The molecule has 0 bridgehead atoms. The second kappa shape index (κ2) is 6.22. The molecule has 0 amide bonds. The minimum Gasteiger partial charge on any atom is -0.460 e. The Balaban J connectivity index is 2.69. The molecule has 5 nitrogen and oxygen atoms in total. The summed E-state index contributed by atoms with van der Waals surface area (Å²) in [5.74, 6) is -1.38. The Labute approximate surface area is 121 Å². The molecule has 0 radical (unpaired) electrons. The molecule has 1 rings (SSSR count). The van der Waals surface area contributed by atoms with Crippen molar-refractivity contribution in [2.75, 3.05) is 6.61 Å². The lowest BCUT2D eigenvalue weighted by molar-refractivity contribution is -0.266. The zero-order valence-electron chi connectivity index (χ0n) is 13.3. The summed E-state index contributed by atoms with van der Waals surface area (Å²) < 4.78 is 16.3. The van der Waals surface area contributed by atoms with Gasteiger partial charge in [-0.05, 0) is 41.0 Å². The quantitative estimate of drug-likeness (QED) is 0.743. The maximum absolute atomic E-state index is 11.9. The summed E-state index contributed by atoms with van der Waals surface area (Å²) >= 11 is 0. The summed E-state index contributed by atoms with van der Waals surface area (Å²) in [7, 11) is 0. The highest BCUT2D eigenvalue weighted by atomic mass is 16.7. The van der Waals surface area contributed by atoms with Gasteiger partial charge in [0, 0.05) is 5.92 Å². The first-order chi connectivity index (χ1) is 9.04. The number of hydrogen-bond donors (Lipinski definition) is 0. The molecule has 1 aliphatic heterocycles. The average molecular weight is 286 g/mol. The predicted molar refractivity (Wildman–Crippen MR) is 74.2 cm³/mol. The van der Waals surface area contributed by atoms with Crippen LogP contribution in [0.1, 0.15) is 54.4 Å². The zero-order chi connectivity index (χ0) is 15.6. The van der Waals surface area contributed by atoms with Gasteiger partial charge in [0.15, 0.2) is 11.6 Å². The molecule has 0 unspecified atom stereocenters. The van der Waals surface area contributed by atoms with Crippen LogP contribution in [0.2, 0.25) is 0 Å². The summed E-state index contributed by atoms with van der Waals surface area (Å²) in [6.07, 6.45) is 0.252. The summed E-state index contributed by atoms with van der Waals surface area (Å²) in [6, 6.07) is 0. The van der Waals surface area contributed by atoms with Gasteiger partial charge in [0.2, 0.25) is 0 Å². The zero-order valence-corrected chi connectivity index (χ0v) is 13.3. The molecule has 116 valence electrons. The summed E-state index contributed by atoms with van der Waals surface area (Å²) in [5.41, 5.74) is -0.519. The highest BCUT2D eigenvalue weighted by Crippen LogP contribution is 2.28. The van der Waals surface area contributed by atoms with E-state index in [1.165, 1.54) is 0 Å². The van der Waals surface area contributed by atoms with E-state index < -0.39 is 17.5 Å². The third-order valence-corrected chi connectivity index (χ3v) is 3.09. The van der Waals surface area contributed by atoms with Crippen molar-refractivity contribution in [3.8, 4) is 0 Å². The van der Waals surface area contributed by atoms with Gasteiger partial charge in [-0.1, -0.05) is 6.92 Å². The molecule has 0 aromatic rings. The van der Waals surface area contributed by atoms with Crippen LogP contribution in [0.4, 0.5) is 0 Å². The number of hydrogen-bond acceptors (Lipinski definition) is 5. The fraction of sp³-hybridized carbons (Fsp3) is 0.867. The van der Waals surface area contributed by atoms with E-state index in [-0.39, 0.29) is 30.7 Å². The highest BCUT2D eigenvalue weighted by molar-refractivity contribution is 5.85. The van der Waals surface area contributed by atoms with Gasteiger partial charge in [-0.25, -0.2) is 0 Å². The predicted octanol–water partition coefficient (Wildman–Crippen LogP) is 2.47. The molecule has 0 aromatic carbocycles. The van der Waals surface area contributed by atoms with Crippen LogP contribution in [-0.2, 0) is 23.8 Å². The SMILES string of the molecule is CC[C@@H](CC(=O)OC(C)(C)C)[C@@H]1OC(C)(C)OCC1=O. The Morgan fingerprint density at radius 1 is 1.45 bits per heavy atom. The first-order valence-electron chi connectivity index (χ1n) is 7.10. The van der Waals surface area contributed by atoms with E-state index in [0.717, 1.165) is 0 Å². The Morgan fingerprint density at radius 2 is 2.05 bits per heavy atom. The Bertz CT molecular complexity index is 367. The van der Waals surface area contributed by atoms with Crippen molar-refractivity contribution in [1.29, 1.82) is 0 Å². The van der Waals surface area contributed by atoms with Crippen molar-refractivity contribution in [3.05, 3.63) is 0 Å². The van der Waals surface area contributed by atoms with E-state index >= 15 is 0 Å². The van der Waals surface area contributed by atoms with E-state index in [1.807, 2.05) is 27.7 Å². The number of Topliss-reactive ketones (excluding diaryl/α,β-unsaturated/α-hetero) is 1. The summed E-state index contributed by atoms with van der Waals surface area (Å²) in [4.78, 5) is 23.9. The lowest BCUT2D eigenvalue weighted by atomic mass is 9.92. The standard InChI is InChI=1S/C15H26O5/c1-7-10(8-12(17)19-14(2,3)4)13-11(16)9-18-15(5,6)20-13/h10,13H,7-9H2,1-6H3/t10-,13-/m0/s1. The molecule has 1 fully saturated rings. The minimum atomic E-state index is -0.792. The van der Waals surface area contributed by atoms with Crippen LogP contribution in [0.3, 0.4) is 0 Å². The normalized spacial score (nSPS) is 24.3. The highest BCUT2D eigenvalue weighted by Gasteiger charge is 2.40. The number of carbonyl (C=O) groups is 2. The van der Waals surface area contributed by atoms with Crippen LogP contribution in [0.25, 0.3) is 0 Å². The molecule has 0 aromatic heterocycles. The molecule has 1 saturated heterocycles. The van der Waals surface area contributed by atoms with Crippen molar-refractivity contribution < 1.29 is 23.8 Å². The number of carbonyl (C=O) groups excluding carboxylic acids is 2. The van der Waals surface area contributed by atoms with Crippen molar-refractivity contribution in [2.45, 2.75) is 71.9 Å². The van der Waals surface area contributed by atoms with Crippen molar-refractivity contribution in [3.63, 3.8) is 0 Å². The minimum absolute atomic E-state index is 0.0302. The van der Waals surface area contributed by atoms with Gasteiger partial charge in [0.1, 0.15) is 18.3 Å². The molecule has 0 aliphatic carbocycles. The third-order valence-electron chi connectivity index (χ3n) is 3.09. The van der Waals surface area contributed by atoms with Crippen molar-refractivity contribution in [2.24, 2.45) is 5.92 Å². The second-order valence-corrected chi connectivity index (χ2v) is 6.65. The fourth-order valence-electron chi connectivity index (χ4n) is 2.15. The Morgan fingerprint density at radius 3 is 2.55 bits per heavy atom. The molecule has 5 heteroatoms. The molecule has 1 heterocycles. The van der Waals surface area contributed by atoms with E-state index in [4.69, 9.17) is 14.2 Å². The van der Waals surface area contributed by atoms with Crippen LogP contribution < -0.4 is 0 Å². The van der Waals surface area contributed by atoms with Gasteiger partial charge in [-0.2, -0.15) is 0 Å². The van der Waals surface area contributed by atoms with Gasteiger partial charge in [0.05, 0.1) is 6.42 Å². The number of rotatable bonds is 4. The molecule has 1 aliphatic rings. The molecule has 0 saturated carbocycles. The lowest BCUT2D eigenvalue weighted by Crippen LogP contribution is -2.49. The van der Waals surface area contributed by atoms with E-state index in [1.54, 1.807) is 13.8 Å². The van der Waals surface area contributed by atoms with Gasteiger partial charge in [0.25, 0.3) is 0 Å². The van der Waals surface area contributed by atoms with Crippen LogP contribution in [0, 0.1) is 5.92 Å². The third kappa shape index (κ3) is 5.21.